The van der Waals surface area contributed by atoms with Crippen LogP contribution in [0.4, 0.5) is 4.79 Å². The molecule has 1 N–H and O–H groups in total. The molecule has 0 radical (unpaired) electrons. The van der Waals surface area contributed by atoms with E-state index < -0.39 is 0 Å². The van der Waals surface area contributed by atoms with Crippen molar-refractivity contribution in [2.75, 3.05) is 25.9 Å². The smallest absolute Gasteiger partial charge is 0.317 e. The van der Waals surface area contributed by atoms with Crippen LogP contribution in [0.15, 0.2) is 4.52 Å². The highest BCUT2D eigenvalue weighted by Gasteiger charge is 2.42. The SMILES string of the molecule is CSC1(CNC(=O)N2CCCC(Cc3noc(C)n3)C2)CC1. The Bertz CT molecular complexity index is 529. The highest BCUT2D eigenvalue weighted by Crippen LogP contribution is 2.46. The first kappa shape index (κ1) is 15.6. The molecule has 0 aromatic carbocycles. The van der Waals surface area contributed by atoms with Crippen molar-refractivity contribution in [2.45, 2.75) is 43.8 Å². The Labute approximate surface area is 135 Å². The van der Waals surface area contributed by atoms with Gasteiger partial charge in [-0.2, -0.15) is 16.7 Å². The zero-order valence-corrected chi connectivity index (χ0v) is 14.1. The first-order valence-electron chi connectivity index (χ1n) is 7.97. The lowest BCUT2D eigenvalue weighted by molar-refractivity contribution is 0.164. The van der Waals surface area contributed by atoms with Crippen LogP contribution in [0.25, 0.3) is 0 Å². The highest BCUT2D eigenvalue weighted by atomic mass is 32.2. The third kappa shape index (κ3) is 3.74. The van der Waals surface area contributed by atoms with Gasteiger partial charge in [-0.25, -0.2) is 4.79 Å². The maximum atomic E-state index is 12.3. The molecule has 122 valence electrons. The van der Waals surface area contributed by atoms with Gasteiger partial charge in [0.15, 0.2) is 5.82 Å². The van der Waals surface area contributed by atoms with E-state index >= 15 is 0 Å². The van der Waals surface area contributed by atoms with Crippen LogP contribution in [0.5, 0.6) is 0 Å². The number of thioether (sulfide) groups is 1. The summed E-state index contributed by atoms with van der Waals surface area (Å²) in [5.41, 5.74) is 0. The Kier molecular flexibility index (Phi) is 4.61. The van der Waals surface area contributed by atoms with E-state index in [1.165, 1.54) is 12.8 Å². The third-order valence-corrected chi connectivity index (χ3v) is 6.07. The summed E-state index contributed by atoms with van der Waals surface area (Å²) in [6.45, 7) is 4.22. The normalized spacial score (nSPS) is 23.4. The molecule has 7 heteroatoms. The number of carbonyl (C=O) groups is 1. The van der Waals surface area contributed by atoms with E-state index in [-0.39, 0.29) is 6.03 Å². The van der Waals surface area contributed by atoms with Crippen molar-refractivity contribution >= 4 is 17.8 Å². The first-order chi connectivity index (χ1) is 10.6. The number of hydrogen-bond donors (Lipinski definition) is 1. The molecule has 1 unspecified atom stereocenters. The van der Waals surface area contributed by atoms with Crippen LogP contribution in [-0.4, -0.2) is 51.7 Å². The number of piperidine rings is 1. The van der Waals surface area contributed by atoms with Crippen LogP contribution in [-0.2, 0) is 6.42 Å². The lowest BCUT2D eigenvalue weighted by Gasteiger charge is -2.32. The van der Waals surface area contributed by atoms with Crippen LogP contribution in [0, 0.1) is 12.8 Å². The van der Waals surface area contributed by atoms with Gasteiger partial charge in [-0.3, -0.25) is 0 Å². The van der Waals surface area contributed by atoms with Gasteiger partial charge in [0.1, 0.15) is 0 Å². The number of nitrogens with zero attached hydrogens (tertiary/aromatic N) is 3. The van der Waals surface area contributed by atoms with Crippen molar-refractivity contribution in [2.24, 2.45) is 5.92 Å². The second-order valence-electron chi connectivity index (χ2n) is 6.43. The number of rotatable bonds is 5. The molecule has 1 aliphatic carbocycles. The predicted octanol–water partition coefficient (Wildman–Crippen LogP) is 2.24. The molecule has 1 atom stereocenters. The molecule has 2 heterocycles. The summed E-state index contributed by atoms with van der Waals surface area (Å²) < 4.78 is 5.33. The molecule has 1 aromatic heterocycles. The maximum Gasteiger partial charge on any atom is 0.317 e. The standard InChI is InChI=1S/C15H24N4O2S/c1-11-17-13(18-21-11)8-12-4-3-7-19(9-12)14(20)16-10-15(22-2)5-6-15/h12H,3-10H2,1-2H3,(H,16,20). The monoisotopic (exact) mass is 324 g/mol. The minimum atomic E-state index is 0.0781. The Morgan fingerprint density at radius 2 is 2.36 bits per heavy atom. The summed E-state index contributed by atoms with van der Waals surface area (Å²) in [6, 6.07) is 0.0781. The Hall–Kier alpha value is -1.24. The fourth-order valence-corrected chi connectivity index (χ4v) is 3.77. The van der Waals surface area contributed by atoms with Gasteiger partial charge < -0.3 is 14.7 Å². The average molecular weight is 324 g/mol. The second kappa shape index (κ2) is 6.48. The summed E-state index contributed by atoms with van der Waals surface area (Å²) in [7, 11) is 0. The van der Waals surface area contributed by atoms with Gasteiger partial charge in [0.25, 0.3) is 0 Å². The van der Waals surface area contributed by atoms with Gasteiger partial charge in [-0.05, 0) is 37.9 Å². The van der Waals surface area contributed by atoms with E-state index in [1.807, 2.05) is 16.7 Å². The zero-order chi connectivity index (χ0) is 15.6. The van der Waals surface area contributed by atoms with Crippen LogP contribution in [0.1, 0.15) is 37.4 Å². The minimum absolute atomic E-state index is 0.0781. The molecular weight excluding hydrogens is 300 g/mol. The lowest BCUT2D eigenvalue weighted by atomic mass is 9.95. The van der Waals surface area contributed by atoms with Crippen LogP contribution >= 0.6 is 11.8 Å². The summed E-state index contributed by atoms with van der Waals surface area (Å²) >= 11 is 1.87. The fourth-order valence-electron chi connectivity index (χ4n) is 3.04. The molecule has 0 spiro atoms. The molecule has 2 amide bonds. The van der Waals surface area contributed by atoms with Gasteiger partial charge in [0.2, 0.25) is 5.89 Å². The number of urea groups is 1. The van der Waals surface area contributed by atoms with Gasteiger partial charge in [-0.1, -0.05) is 5.16 Å². The maximum absolute atomic E-state index is 12.3. The van der Waals surface area contributed by atoms with Gasteiger partial charge in [0, 0.05) is 37.7 Å². The largest absolute Gasteiger partial charge is 0.340 e. The van der Waals surface area contributed by atoms with Gasteiger partial charge in [0.05, 0.1) is 0 Å². The molecule has 1 saturated carbocycles. The number of aromatic nitrogens is 2. The van der Waals surface area contributed by atoms with Crippen molar-refractivity contribution in [3.8, 4) is 0 Å². The van der Waals surface area contributed by atoms with Crippen molar-refractivity contribution in [3.05, 3.63) is 11.7 Å². The van der Waals surface area contributed by atoms with Gasteiger partial charge in [-0.15, -0.1) is 0 Å². The molecule has 1 aromatic rings. The molecule has 22 heavy (non-hydrogen) atoms. The number of nitrogens with one attached hydrogen (secondary N) is 1. The Morgan fingerprint density at radius 1 is 1.55 bits per heavy atom. The van der Waals surface area contributed by atoms with Crippen molar-refractivity contribution in [3.63, 3.8) is 0 Å². The van der Waals surface area contributed by atoms with E-state index in [0.717, 1.165) is 44.7 Å². The summed E-state index contributed by atoms with van der Waals surface area (Å²) in [5, 5.41) is 7.07. The minimum Gasteiger partial charge on any atom is -0.340 e. The van der Waals surface area contributed by atoms with Gasteiger partial charge >= 0.3 is 6.03 Å². The summed E-state index contributed by atoms with van der Waals surface area (Å²) in [5.74, 6) is 1.78. The molecular formula is C15H24N4O2S. The summed E-state index contributed by atoms with van der Waals surface area (Å²) in [4.78, 5) is 18.6. The quantitative estimate of drug-likeness (QED) is 0.899. The van der Waals surface area contributed by atoms with Crippen molar-refractivity contribution < 1.29 is 9.32 Å². The molecule has 1 saturated heterocycles. The zero-order valence-electron chi connectivity index (χ0n) is 13.3. The lowest BCUT2D eigenvalue weighted by Crippen LogP contribution is -2.47. The average Bonchev–Trinajstić information content (AvgIpc) is 3.21. The molecule has 3 rings (SSSR count). The first-order valence-corrected chi connectivity index (χ1v) is 9.20. The fraction of sp³-hybridized carbons (Fsp3) is 0.800. The molecule has 1 aliphatic heterocycles. The Balaban J connectivity index is 1.48. The van der Waals surface area contributed by atoms with E-state index in [9.17, 15) is 4.79 Å². The van der Waals surface area contributed by atoms with Crippen LogP contribution in [0.2, 0.25) is 0 Å². The number of carbonyl (C=O) groups excluding carboxylic acids is 1. The number of likely N-dealkylation sites (tertiary alicyclic amines) is 1. The molecule has 0 bridgehead atoms. The highest BCUT2D eigenvalue weighted by molar-refractivity contribution is 8.00. The third-order valence-electron chi connectivity index (χ3n) is 4.65. The summed E-state index contributed by atoms with van der Waals surface area (Å²) in [6.07, 6.45) is 7.51. The van der Waals surface area contributed by atoms with Crippen molar-refractivity contribution in [1.82, 2.24) is 20.4 Å². The van der Waals surface area contributed by atoms with Crippen LogP contribution in [0.3, 0.4) is 0 Å². The second-order valence-corrected chi connectivity index (χ2v) is 7.71. The number of aryl methyl sites for hydroxylation is 1. The molecule has 2 fully saturated rings. The predicted molar refractivity (Wildman–Crippen MR) is 85.9 cm³/mol. The number of hydrogen-bond acceptors (Lipinski definition) is 5. The van der Waals surface area contributed by atoms with E-state index in [1.54, 1.807) is 6.92 Å². The molecule has 6 nitrogen and oxygen atoms in total. The topological polar surface area (TPSA) is 71.3 Å². The van der Waals surface area contributed by atoms with E-state index in [0.29, 0.717) is 16.6 Å². The number of amides is 2. The molecule has 2 aliphatic rings. The van der Waals surface area contributed by atoms with E-state index in [2.05, 4.69) is 21.7 Å². The van der Waals surface area contributed by atoms with Crippen LogP contribution < -0.4 is 5.32 Å². The Morgan fingerprint density at radius 3 is 3.00 bits per heavy atom. The van der Waals surface area contributed by atoms with E-state index in [4.69, 9.17) is 4.52 Å². The van der Waals surface area contributed by atoms with Crippen molar-refractivity contribution in [1.29, 1.82) is 0 Å².